The predicted molar refractivity (Wildman–Crippen MR) is 93.0 cm³/mol. The lowest BCUT2D eigenvalue weighted by Crippen LogP contribution is -2.11. The molecule has 1 aromatic rings. The van der Waals surface area contributed by atoms with Crippen LogP contribution in [-0.4, -0.2) is 11.3 Å². The third kappa shape index (κ3) is 4.20. The van der Waals surface area contributed by atoms with Crippen molar-refractivity contribution >= 4 is 32.7 Å². The fourth-order valence-corrected chi connectivity index (χ4v) is 3.56. The first-order chi connectivity index (χ1) is 10.4. The van der Waals surface area contributed by atoms with Gasteiger partial charge in [0.2, 0.25) is 0 Å². The van der Waals surface area contributed by atoms with E-state index in [0.717, 1.165) is 27.6 Å². The molecule has 0 fully saturated rings. The van der Waals surface area contributed by atoms with Gasteiger partial charge in [-0.05, 0) is 51.9 Å². The first-order valence-electron chi connectivity index (χ1n) is 6.81. The summed E-state index contributed by atoms with van der Waals surface area (Å²) in [7, 11) is 0. The number of aliphatic imine (C=N–C) groups is 1. The highest BCUT2D eigenvalue weighted by Crippen LogP contribution is 2.32. The molecule has 2 N–H and O–H groups in total. The molecule has 1 aromatic carbocycles. The Bertz CT molecular complexity index is 648. The molecule has 1 heterocycles. The van der Waals surface area contributed by atoms with Crippen LogP contribution < -0.4 is 5.73 Å². The fraction of sp³-hybridized carbons (Fsp3) is 0.312. The van der Waals surface area contributed by atoms with Crippen molar-refractivity contribution in [2.45, 2.75) is 19.8 Å². The van der Waals surface area contributed by atoms with E-state index in [9.17, 15) is 8.78 Å². The van der Waals surface area contributed by atoms with Gasteiger partial charge in [0.15, 0.2) is 0 Å². The molecule has 0 aliphatic carbocycles. The van der Waals surface area contributed by atoms with Crippen molar-refractivity contribution in [3.05, 3.63) is 57.3 Å². The van der Waals surface area contributed by atoms with Crippen LogP contribution in [0.1, 0.15) is 18.9 Å². The second-order valence-electron chi connectivity index (χ2n) is 5.21. The number of nitrogens with zero attached hydrogens (tertiary/aromatic N) is 1. The molecule has 1 aliphatic heterocycles. The first-order valence-corrected chi connectivity index (χ1v) is 8.82. The molecule has 0 amide bonds. The average molecular weight is 387 g/mol. The number of benzene rings is 1. The number of nitrogens with two attached hydrogens (primary N) is 1. The van der Waals surface area contributed by atoms with E-state index in [1.165, 1.54) is 12.1 Å². The molecule has 1 atom stereocenters. The number of thioether (sulfide) groups is 1. The maximum absolute atomic E-state index is 13.3. The summed E-state index contributed by atoms with van der Waals surface area (Å²) in [5.41, 5.74) is 8.25. The molecule has 0 aromatic heterocycles. The molecule has 0 radical (unpaired) electrons. The molecule has 2 nitrogen and oxygen atoms in total. The highest BCUT2D eigenvalue weighted by molar-refractivity contribution is 9.12. The molecule has 0 spiro atoms. The van der Waals surface area contributed by atoms with Crippen LogP contribution in [0.25, 0.3) is 0 Å². The van der Waals surface area contributed by atoms with Crippen LogP contribution in [0.15, 0.2) is 45.1 Å². The first kappa shape index (κ1) is 17.2. The smallest absolute Gasteiger partial charge is 0.126 e. The minimum atomic E-state index is -0.593. The monoisotopic (exact) mass is 386 g/mol. The van der Waals surface area contributed by atoms with Gasteiger partial charge in [0.25, 0.3) is 0 Å². The number of halogens is 3. The lowest BCUT2D eigenvalue weighted by molar-refractivity contribution is 0.580. The SMILES string of the molecule is CSC1=NC=C(Br)/C(=C(/N)Cc2cc(F)cc(F)c2)CC1C. The Morgan fingerprint density at radius 3 is 2.59 bits per heavy atom. The third-order valence-corrected chi connectivity index (χ3v) is 5.05. The summed E-state index contributed by atoms with van der Waals surface area (Å²) in [6.45, 7) is 2.09. The zero-order valence-corrected chi connectivity index (χ0v) is 14.8. The van der Waals surface area contributed by atoms with Gasteiger partial charge in [-0.25, -0.2) is 8.78 Å². The van der Waals surface area contributed by atoms with Crippen LogP contribution >= 0.6 is 27.7 Å². The Morgan fingerprint density at radius 1 is 1.36 bits per heavy atom. The van der Waals surface area contributed by atoms with Crippen LogP contribution in [0.5, 0.6) is 0 Å². The van der Waals surface area contributed by atoms with Gasteiger partial charge in [0.1, 0.15) is 11.6 Å². The largest absolute Gasteiger partial charge is 0.402 e. The Morgan fingerprint density at radius 2 is 2.00 bits per heavy atom. The zero-order chi connectivity index (χ0) is 16.3. The minimum absolute atomic E-state index is 0.249. The topological polar surface area (TPSA) is 38.4 Å². The van der Waals surface area contributed by atoms with Crippen LogP contribution in [0.3, 0.4) is 0 Å². The highest BCUT2D eigenvalue weighted by atomic mass is 79.9. The quantitative estimate of drug-likeness (QED) is 0.795. The summed E-state index contributed by atoms with van der Waals surface area (Å²) in [5.74, 6) is -0.937. The van der Waals surface area contributed by atoms with Gasteiger partial charge in [0, 0.05) is 34.8 Å². The lowest BCUT2D eigenvalue weighted by Gasteiger charge is -2.15. The van der Waals surface area contributed by atoms with Crippen molar-refractivity contribution in [1.29, 1.82) is 0 Å². The molecule has 1 unspecified atom stereocenters. The Kier molecular flexibility index (Phi) is 5.81. The molecule has 2 rings (SSSR count). The van der Waals surface area contributed by atoms with Crippen molar-refractivity contribution in [3.8, 4) is 0 Å². The summed E-state index contributed by atoms with van der Waals surface area (Å²) in [6.07, 6.45) is 4.77. The van der Waals surface area contributed by atoms with E-state index >= 15 is 0 Å². The van der Waals surface area contributed by atoms with Crippen molar-refractivity contribution in [3.63, 3.8) is 0 Å². The highest BCUT2D eigenvalue weighted by Gasteiger charge is 2.19. The van der Waals surface area contributed by atoms with Crippen molar-refractivity contribution in [1.82, 2.24) is 0 Å². The number of rotatable bonds is 2. The standard InChI is InChI=1S/C16H17BrF2N2S/c1-9-3-13(14(17)8-21-16(9)22-2)15(20)6-10-4-11(18)7-12(19)5-10/h4-5,7-9H,3,6,20H2,1-2H3/b15-13+. The minimum Gasteiger partial charge on any atom is -0.402 e. The van der Waals surface area contributed by atoms with E-state index in [1.807, 2.05) is 6.26 Å². The summed E-state index contributed by atoms with van der Waals surface area (Å²) < 4.78 is 27.4. The van der Waals surface area contributed by atoms with E-state index in [1.54, 1.807) is 18.0 Å². The third-order valence-electron chi connectivity index (χ3n) is 3.44. The van der Waals surface area contributed by atoms with Gasteiger partial charge in [-0.15, -0.1) is 11.8 Å². The van der Waals surface area contributed by atoms with E-state index < -0.39 is 11.6 Å². The maximum atomic E-state index is 13.3. The summed E-state index contributed by atoms with van der Waals surface area (Å²) in [4.78, 5) is 4.43. The normalized spacial score (nSPS) is 21.0. The van der Waals surface area contributed by atoms with Gasteiger partial charge in [-0.3, -0.25) is 4.99 Å². The molecular formula is C16H17BrF2N2S. The number of hydrogen-bond acceptors (Lipinski definition) is 3. The van der Waals surface area contributed by atoms with Gasteiger partial charge < -0.3 is 5.73 Å². The molecular weight excluding hydrogens is 370 g/mol. The van der Waals surface area contributed by atoms with Gasteiger partial charge >= 0.3 is 0 Å². The molecule has 6 heteroatoms. The van der Waals surface area contributed by atoms with Gasteiger partial charge in [-0.2, -0.15) is 0 Å². The molecule has 118 valence electrons. The number of allylic oxidation sites excluding steroid dienone is 3. The summed E-state index contributed by atoms with van der Waals surface area (Å²) >= 11 is 5.10. The van der Waals surface area contributed by atoms with Crippen molar-refractivity contribution in [2.75, 3.05) is 6.26 Å². The molecule has 1 aliphatic rings. The van der Waals surface area contributed by atoms with E-state index in [0.29, 0.717) is 17.7 Å². The Balaban J connectivity index is 2.29. The lowest BCUT2D eigenvalue weighted by atomic mass is 9.98. The fourth-order valence-electron chi connectivity index (χ4n) is 2.39. The van der Waals surface area contributed by atoms with Crippen molar-refractivity contribution in [2.24, 2.45) is 16.6 Å². The van der Waals surface area contributed by atoms with Crippen LogP contribution in [0, 0.1) is 17.6 Å². The van der Waals surface area contributed by atoms with Crippen LogP contribution in [0.2, 0.25) is 0 Å². The Hall–Kier alpha value is -1.14. The molecule has 0 saturated carbocycles. The zero-order valence-electron chi connectivity index (χ0n) is 12.4. The number of hydrogen-bond donors (Lipinski definition) is 1. The average Bonchev–Trinajstić information content (AvgIpc) is 2.57. The van der Waals surface area contributed by atoms with Crippen molar-refractivity contribution < 1.29 is 8.78 Å². The Labute approximate surface area is 141 Å². The van der Waals surface area contributed by atoms with E-state index in [-0.39, 0.29) is 5.92 Å². The second-order valence-corrected chi connectivity index (χ2v) is 6.89. The maximum Gasteiger partial charge on any atom is 0.126 e. The summed E-state index contributed by atoms with van der Waals surface area (Å²) in [6, 6.07) is 3.46. The van der Waals surface area contributed by atoms with Crippen LogP contribution in [-0.2, 0) is 6.42 Å². The van der Waals surface area contributed by atoms with Gasteiger partial charge in [-0.1, -0.05) is 6.92 Å². The molecule has 0 saturated heterocycles. The molecule has 22 heavy (non-hydrogen) atoms. The predicted octanol–water partition coefficient (Wildman–Crippen LogP) is 4.76. The van der Waals surface area contributed by atoms with E-state index in [2.05, 4.69) is 27.8 Å². The van der Waals surface area contributed by atoms with Gasteiger partial charge in [0.05, 0.1) is 5.04 Å². The summed E-state index contributed by atoms with van der Waals surface area (Å²) in [5, 5.41) is 1.04. The van der Waals surface area contributed by atoms with Crippen LogP contribution in [0.4, 0.5) is 8.78 Å². The second kappa shape index (κ2) is 7.42. The van der Waals surface area contributed by atoms with E-state index in [4.69, 9.17) is 5.73 Å². The molecule has 0 bridgehead atoms.